The molecule has 4 aromatic carbocycles. The summed E-state index contributed by atoms with van der Waals surface area (Å²) < 4.78 is 11.0. The standard InChI is InChI=1S/2C12H11NO2.C2H6/c2*13-9-1-5-11(6-2-9)15-12-7-3-10(14)4-8-12;1-2/h2*1-8,14H,13H2;1-2H3. The van der Waals surface area contributed by atoms with E-state index in [1.54, 1.807) is 97.1 Å². The second kappa shape index (κ2) is 12.4. The van der Waals surface area contributed by atoms with Crippen molar-refractivity contribution >= 4 is 11.4 Å². The van der Waals surface area contributed by atoms with Crippen molar-refractivity contribution in [1.82, 2.24) is 0 Å². The highest BCUT2D eigenvalue weighted by Crippen LogP contribution is 2.24. The van der Waals surface area contributed by atoms with Crippen LogP contribution >= 0.6 is 0 Å². The topological polar surface area (TPSA) is 111 Å². The van der Waals surface area contributed by atoms with E-state index in [-0.39, 0.29) is 11.5 Å². The molecule has 0 aliphatic heterocycles. The van der Waals surface area contributed by atoms with Gasteiger partial charge in [0.1, 0.15) is 34.5 Å². The first-order valence-corrected chi connectivity index (χ1v) is 10.1. The molecule has 0 aliphatic carbocycles. The molecule has 4 aromatic rings. The fourth-order valence-electron chi connectivity index (χ4n) is 2.37. The lowest BCUT2D eigenvalue weighted by Crippen LogP contribution is -1.86. The minimum absolute atomic E-state index is 0.222. The summed E-state index contributed by atoms with van der Waals surface area (Å²) in [4.78, 5) is 0. The zero-order valence-corrected chi connectivity index (χ0v) is 18.1. The summed E-state index contributed by atoms with van der Waals surface area (Å²) in [6.07, 6.45) is 0. The highest BCUT2D eigenvalue weighted by atomic mass is 16.5. The number of nitrogen functional groups attached to an aromatic ring is 2. The Kier molecular flexibility index (Phi) is 9.28. The predicted octanol–water partition coefficient (Wildman–Crippen LogP) is 6.56. The van der Waals surface area contributed by atoms with Crippen LogP contribution < -0.4 is 20.9 Å². The number of anilines is 2. The lowest BCUT2D eigenvalue weighted by molar-refractivity contribution is 0.464. The second-order valence-electron chi connectivity index (χ2n) is 6.33. The maximum absolute atomic E-state index is 9.09. The van der Waals surface area contributed by atoms with Crippen LogP contribution in [0.2, 0.25) is 0 Å². The normalized spacial score (nSPS) is 9.44. The smallest absolute Gasteiger partial charge is 0.127 e. The second-order valence-corrected chi connectivity index (χ2v) is 6.33. The largest absolute Gasteiger partial charge is 0.508 e. The number of rotatable bonds is 4. The van der Waals surface area contributed by atoms with Gasteiger partial charge in [0.2, 0.25) is 0 Å². The Hall–Kier alpha value is -4.32. The van der Waals surface area contributed by atoms with Gasteiger partial charge < -0.3 is 31.2 Å². The Morgan fingerprint density at radius 1 is 0.438 bits per heavy atom. The molecule has 0 atom stereocenters. The van der Waals surface area contributed by atoms with E-state index in [1.807, 2.05) is 13.8 Å². The average Bonchev–Trinajstić information content (AvgIpc) is 2.82. The molecule has 32 heavy (non-hydrogen) atoms. The van der Waals surface area contributed by atoms with Crippen molar-refractivity contribution in [1.29, 1.82) is 0 Å². The van der Waals surface area contributed by atoms with Gasteiger partial charge in [0.05, 0.1) is 0 Å². The van der Waals surface area contributed by atoms with E-state index in [9.17, 15) is 0 Å². The van der Waals surface area contributed by atoms with E-state index in [1.165, 1.54) is 0 Å². The van der Waals surface area contributed by atoms with Gasteiger partial charge in [0.25, 0.3) is 0 Å². The van der Waals surface area contributed by atoms with Crippen molar-refractivity contribution in [3.63, 3.8) is 0 Å². The van der Waals surface area contributed by atoms with E-state index in [4.69, 9.17) is 31.2 Å². The van der Waals surface area contributed by atoms with Crippen LogP contribution in [0.1, 0.15) is 13.8 Å². The molecule has 6 heteroatoms. The fourth-order valence-corrected chi connectivity index (χ4v) is 2.37. The van der Waals surface area contributed by atoms with E-state index < -0.39 is 0 Å². The Morgan fingerprint density at radius 3 is 0.906 bits per heavy atom. The van der Waals surface area contributed by atoms with Gasteiger partial charge in [-0.2, -0.15) is 0 Å². The predicted molar refractivity (Wildman–Crippen MR) is 129 cm³/mol. The molecule has 0 spiro atoms. The van der Waals surface area contributed by atoms with Crippen LogP contribution in [0, 0.1) is 0 Å². The first kappa shape index (κ1) is 24.0. The zero-order valence-electron chi connectivity index (χ0n) is 18.1. The number of benzene rings is 4. The fraction of sp³-hybridized carbons (Fsp3) is 0.0769. The summed E-state index contributed by atoms with van der Waals surface area (Å²) in [6, 6.07) is 27.4. The number of nitrogens with two attached hydrogens (primary N) is 2. The molecular formula is C26H28N2O4. The molecule has 0 saturated heterocycles. The Balaban J connectivity index is 0.000000211. The lowest BCUT2D eigenvalue weighted by Gasteiger charge is -2.05. The molecule has 6 nitrogen and oxygen atoms in total. The molecule has 0 aliphatic rings. The quantitative estimate of drug-likeness (QED) is 0.272. The van der Waals surface area contributed by atoms with Crippen molar-refractivity contribution in [3.05, 3.63) is 97.1 Å². The molecule has 0 radical (unpaired) electrons. The average molecular weight is 433 g/mol. The van der Waals surface area contributed by atoms with Gasteiger partial charge in [-0.15, -0.1) is 0 Å². The Bertz CT molecular complexity index is 871. The molecule has 0 heterocycles. The van der Waals surface area contributed by atoms with Crippen molar-refractivity contribution < 1.29 is 19.7 Å². The molecule has 0 saturated carbocycles. The van der Waals surface area contributed by atoms with Crippen LogP contribution in [-0.4, -0.2) is 10.2 Å². The number of phenolic OH excluding ortho intramolecular Hbond substituents is 2. The molecule has 166 valence electrons. The monoisotopic (exact) mass is 432 g/mol. The van der Waals surface area contributed by atoms with Gasteiger partial charge in [-0.25, -0.2) is 0 Å². The van der Waals surface area contributed by atoms with E-state index >= 15 is 0 Å². The summed E-state index contributed by atoms with van der Waals surface area (Å²) in [5.74, 6) is 3.24. The highest BCUT2D eigenvalue weighted by Gasteiger charge is 1.97. The first-order valence-electron chi connectivity index (χ1n) is 10.1. The van der Waals surface area contributed by atoms with Crippen molar-refractivity contribution in [2.75, 3.05) is 11.5 Å². The Morgan fingerprint density at radius 2 is 0.656 bits per heavy atom. The maximum Gasteiger partial charge on any atom is 0.127 e. The maximum atomic E-state index is 9.09. The summed E-state index contributed by atoms with van der Waals surface area (Å²) >= 11 is 0. The summed E-state index contributed by atoms with van der Waals surface area (Å²) in [5, 5.41) is 18.2. The summed E-state index contributed by atoms with van der Waals surface area (Å²) in [5.41, 5.74) is 12.5. The molecule has 0 aromatic heterocycles. The molecule has 0 bridgehead atoms. The molecule has 4 rings (SSSR count). The number of phenols is 2. The third-order valence-electron chi connectivity index (χ3n) is 3.91. The number of aromatic hydroxyl groups is 2. The van der Waals surface area contributed by atoms with Gasteiger partial charge in [0.15, 0.2) is 0 Å². The van der Waals surface area contributed by atoms with Crippen molar-refractivity contribution in [3.8, 4) is 34.5 Å². The van der Waals surface area contributed by atoms with E-state index in [0.717, 1.165) is 11.5 Å². The Labute approximate surface area is 188 Å². The van der Waals surface area contributed by atoms with Gasteiger partial charge in [-0.3, -0.25) is 0 Å². The van der Waals surface area contributed by atoms with Crippen molar-refractivity contribution in [2.24, 2.45) is 0 Å². The minimum Gasteiger partial charge on any atom is -0.508 e. The summed E-state index contributed by atoms with van der Waals surface area (Å²) in [6.45, 7) is 4.00. The minimum atomic E-state index is 0.222. The number of ether oxygens (including phenoxy) is 2. The molecule has 0 fully saturated rings. The third kappa shape index (κ3) is 8.20. The van der Waals surface area contributed by atoms with Crippen LogP contribution in [0.3, 0.4) is 0 Å². The molecule has 0 amide bonds. The van der Waals surface area contributed by atoms with Crippen LogP contribution in [0.5, 0.6) is 34.5 Å². The SMILES string of the molecule is CC.Nc1ccc(Oc2ccc(O)cc2)cc1.Nc1ccc(Oc2ccc(O)cc2)cc1. The van der Waals surface area contributed by atoms with E-state index in [2.05, 4.69) is 0 Å². The zero-order chi connectivity index (χ0) is 23.3. The lowest BCUT2D eigenvalue weighted by atomic mass is 10.3. The van der Waals surface area contributed by atoms with E-state index in [0.29, 0.717) is 22.9 Å². The first-order chi connectivity index (χ1) is 15.5. The number of hydrogen-bond donors (Lipinski definition) is 4. The molecular weight excluding hydrogens is 404 g/mol. The van der Waals surface area contributed by atoms with Crippen molar-refractivity contribution in [2.45, 2.75) is 13.8 Å². The van der Waals surface area contributed by atoms with Gasteiger partial charge in [-0.1, -0.05) is 13.8 Å². The van der Waals surface area contributed by atoms with Gasteiger partial charge in [0, 0.05) is 11.4 Å². The van der Waals surface area contributed by atoms with Crippen LogP contribution in [-0.2, 0) is 0 Å². The van der Waals surface area contributed by atoms with Crippen LogP contribution in [0.25, 0.3) is 0 Å². The highest BCUT2D eigenvalue weighted by molar-refractivity contribution is 5.44. The van der Waals surface area contributed by atoms with Gasteiger partial charge in [-0.05, 0) is 97.1 Å². The van der Waals surface area contributed by atoms with Crippen LogP contribution in [0.15, 0.2) is 97.1 Å². The number of hydrogen-bond acceptors (Lipinski definition) is 6. The third-order valence-corrected chi connectivity index (χ3v) is 3.91. The molecule has 0 unspecified atom stereocenters. The summed E-state index contributed by atoms with van der Waals surface area (Å²) in [7, 11) is 0. The van der Waals surface area contributed by atoms with Crippen LogP contribution in [0.4, 0.5) is 11.4 Å². The molecule has 6 N–H and O–H groups in total. The van der Waals surface area contributed by atoms with Gasteiger partial charge >= 0.3 is 0 Å².